The third kappa shape index (κ3) is 5.48. The third-order valence-corrected chi connectivity index (χ3v) is 4.35. The average Bonchev–Trinajstić information content (AvgIpc) is 2.55. The molecule has 1 saturated heterocycles. The topological polar surface area (TPSA) is 32.8 Å². The zero-order valence-corrected chi connectivity index (χ0v) is 14.4. The smallest absolute Gasteiger partial charge is 0.246 e. The van der Waals surface area contributed by atoms with Crippen LogP contribution in [0.3, 0.4) is 0 Å². The van der Waals surface area contributed by atoms with E-state index in [1.165, 1.54) is 5.56 Å². The van der Waals surface area contributed by atoms with Gasteiger partial charge in [0.15, 0.2) is 0 Å². The molecule has 126 valence electrons. The van der Waals surface area contributed by atoms with Crippen molar-refractivity contribution in [2.75, 3.05) is 40.8 Å². The summed E-state index contributed by atoms with van der Waals surface area (Å²) >= 11 is 0. The first-order valence-corrected chi connectivity index (χ1v) is 8.27. The van der Waals surface area contributed by atoms with Crippen LogP contribution in [0.15, 0.2) is 42.5 Å². The van der Waals surface area contributed by atoms with Crippen molar-refractivity contribution in [1.29, 1.82) is 0 Å². The first-order chi connectivity index (χ1) is 11.1. The third-order valence-electron chi connectivity index (χ3n) is 4.35. The number of ether oxygens (including phenoxy) is 1. The molecule has 0 unspecified atom stereocenters. The van der Waals surface area contributed by atoms with Crippen LogP contribution in [0.2, 0.25) is 0 Å². The Morgan fingerprint density at radius 1 is 1.35 bits per heavy atom. The van der Waals surface area contributed by atoms with E-state index in [1.807, 2.05) is 36.0 Å². The van der Waals surface area contributed by atoms with Gasteiger partial charge in [-0.05, 0) is 32.5 Å². The molecule has 0 bridgehead atoms. The lowest BCUT2D eigenvalue weighted by atomic mass is 9.88. The second-order valence-electron chi connectivity index (χ2n) is 6.46. The Hall–Kier alpha value is -1.65. The first kappa shape index (κ1) is 17.7. The second-order valence-corrected chi connectivity index (χ2v) is 6.46. The Labute approximate surface area is 139 Å². The van der Waals surface area contributed by atoms with Gasteiger partial charge in [-0.15, -0.1) is 0 Å². The van der Waals surface area contributed by atoms with Gasteiger partial charge in [0, 0.05) is 38.7 Å². The maximum absolute atomic E-state index is 12.4. The molecule has 0 aromatic heterocycles. The zero-order chi connectivity index (χ0) is 16.7. The van der Waals surface area contributed by atoms with Crippen molar-refractivity contribution >= 4 is 5.91 Å². The lowest BCUT2D eigenvalue weighted by molar-refractivity contribution is -0.130. The minimum absolute atomic E-state index is 0.111. The van der Waals surface area contributed by atoms with Crippen LogP contribution < -0.4 is 0 Å². The van der Waals surface area contributed by atoms with Crippen LogP contribution in [0.4, 0.5) is 0 Å². The standard InChI is InChI=1S/C19H28N2O2/c1-20(2)12-7-10-19(22)21-13-11-18(23-3)17(15-21)14-16-8-5-4-6-9-16/h4-10,17-18H,11-15H2,1-3H3/b10-7+/t17-,18-/m1/s1. The molecule has 0 radical (unpaired) electrons. The average molecular weight is 316 g/mol. The van der Waals surface area contributed by atoms with Gasteiger partial charge in [0.25, 0.3) is 0 Å². The summed E-state index contributed by atoms with van der Waals surface area (Å²) in [5.74, 6) is 0.460. The molecule has 2 rings (SSSR count). The number of rotatable bonds is 6. The summed E-state index contributed by atoms with van der Waals surface area (Å²) in [6.45, 7) is 2.32. The van der Waals surface area contributed by atoms with Crippen molar-refractivity contribution in [3.05, 3.63) is 48.0 Å². The highest BCUT2D eigenvalue weighted by molar-refractivity contribution is 5.87. The molecule has 0 N–H and O–H groups in total. The number of piperidine rings is 1. The number of hydrogen-bond donors (Lipinski definition) is 0. The summed E-state index contributed by atoms with van der Waals surface area (Å²) in [6.07, 6.45) is 5.71. The fraction of sp³-hybridized carbons (Fsp3) is 0.526. The number of likely N-dealkylation sites (N-methyl/N-ethyl adjacent to an activating group) is 1. The van der Waals surface area contributed by atoms with Gasteiger partial charge in [0.05, 0.1) is 6.10 Å². The molecule has 1 fully saturated rings. The van der Waals surface area contributed by atoms with Crippen LogP contribution in [0, 0.1) is 5.92 Å². The summed E-state index contributed by atoms with van der Waals surface area (Å²) < 4.78 is 5.65. The van der Waals surface area contributed by atoms with E-state index in [4.69, 9.17) is 4.74 Å². The Balaban J connectivity index is 1.97. The zero-order valence-electron chi connectivity index (χ0n) is 14.4. The molecule has 2 atom stereocenters. The van der Waals surface area contributed by atoms with Crippen molar-refractivity contribution in [3.63, 3.8) is 0 Å². The van der Waals surface area contributed by atoms with E-state index in [2.05, 4.69) is 24.3 Å². The second kappa shape index (κ2) is 8.85. The van der Waals surface area contributed by atoms with Gasteiger partial charge in [-0.25, -0.2) is 0 Å². The van der Waals surface area contributed by atoms with Crippen LogP contribution >= 0.6 is 0 Å². The number of likely N-dealkylation sites (tertiary alicyclic amines) is 1. The van der Waals surface area contributed by atoms with E-state index in [0.717, 1.165) is 32.5 Å². The Kier molecular flexibility index (Phi) is 6.81. The van der Waals surface area contributed by atoms with Gasteiger partial charge in [0.2, 0.25) is 5.91 Å². The predicted octanol–water partition coefficient (Wildman–Crippen LogP) is 2.21. The van der Waals surface area contributed by atoms with Crippen LogP contribution in [0.25, 0.3) is 0 Å². The van der Waals surface area contributed by atoms with Crippen molar-refractivity contribution in [2.45, 2.75) is 18.9 Å². The molecule has 4 nitrogen and oxygen atoms in total. The van der Waals surface area contributed by atoms with Crippen molar-refractivity contribution in [3.8, 4) is 0 Å². The molecule has 4 heteroatoms. The summed E-state index contributed by atoms with van der Waals surface area (Å²) in [5.41, 5.74) is 1.30. The van der Waals surface area contributed by atoms with E-state index < -0.39 is 0 Å². The van der Waals surface area contributed by atoms with Gasteiger partial charge in [-0.2, -0.15) is 0 Å². The number of hydrogen-bond acceptors (Lipinski definition) is 3. The van der Waals surface area contributed by atoms with Crippen molar-refractivity contribution in [2.24, 2.45) is 5.92 Å². The minimum atomic E-state index is 0.111. The van der Waals surface area contributed by atoms with E-state index in [-0.39, 0.29) is 12.0 Å². The molecular formula is C19H28N2O2. The SMILES string of the molecule is CO[C@@H]1CCN(C(=O)/C=C/CN(C)C)C[C@H]1Cc1ccccc1. The molecule has 1 aromatic carbocycles. The first-order valence-electron chi connectivity index (χ1n) is 8.27. The molecule has 0 saturated carbocycles. The van der Waals surface area contributed by atoms with Crippen LogP contribution in [0.5, 0.6) is 0 Å². The van der Waals surface area contributed by atoms with Gasteiger partial charge in [-0.1, -0.05) is 36.4 Å². The molecule has 1 aliphatic heterocycles. The highest BCUT2D eigenvalue weighted by Gasteiger charge is 2.30. The van der Waals surface area contributed by atoms with E-state index >= 15 is 0 Å². The van der Waals surface area contributed by atoms with Crippen LogP contribution in [-0.4, -0.2) is 62.7 Å². The summed E-state index contributed by atoms with van der Waals surface area (Å²) in [4.78, 5) is 16.3. The molecule has 1 aliphatic rings. The highest BCUT2D eigenvalue weighted by atomic mass is 16.5. The summed E-state index contributed by atoms with van der Waals surface area (Å²) in [5, 5.41) is 0. The number of nitrogens with zero attached hydrogens (tertiary/aromatic N) is 2. The van der Waals surface area contributed by atoms with Crippen molar-refractivity contribution < 1.29 is 9.53 Å². The normalized spacial score (nSPS) is 22.0. The minimum Gasteiger partial charge on any atom is -0.381 e. The fourth-order valence-corrected chi connectivity index (χ4v) is 3.10. The quantitative estimate of drug-likeness (QED) is 0.754. The van der Waals surface area contributed by atoms with Crippen molar-refractivity contribution in [1.82, 2.24) is 9.80 Å². The van der Waals surface area contributed by atoms with Gasteiger partial charge < -0.3 is 14.5 Å². The number of carbonyl (C=O) groups excluding carboxylic acids is 1. The summed E-state index contributed by atoms with van der Waals surface area (Å²) in [7, 11) is 5.76. The maximum Gasteiger partial charge on any atom is 0.246 e. The Morgan fingerprint density at radius 2 is 2.09 bits per heavy atom. The number of amides is 1. The molecule has 0 spiro atoms. The molecule has 0 aliphatic carbocycles. The van der Waals surface area contributed by atoms with Crippen LogP contribution in [-0.2, 0) is 16.0 Å². The predicted molar refractivity (Wildman–Crippen MR) is 93.3 cm³/mol. The largest absolute Gasteiger partial charge is 0.381 e. The lowest BCUT2D eigenvalue weighted by Gasteiger charge is -2.37. The molecule has 1 amide bonds. The Morgan fingerprint density at radius 3 is 2.74 bits per heavy atom. The van der Waals surface area contributed by atoms with Gasteiger partial charge >= 0.3 is 0 Å². The monoisotopic (exact) mass is 316 g/mol. The number of methoxy groups -OCH3 is 1. The van der Waals surface area contributed by atoms with E-state index in [9.17, 15) is 4.79 Å². The highest BCUT2D eigenvalue weighted by Crippen LogP contribution is 2.24. The molecule has 23 heavy (non-hydrogen) atoms. The molecule has 1 aromatic rings. The number of carbonyl (C=O) groups is 1. The Bertz CT molecular complexity index is 513. The maximum atomic E-state index is 12.4. The van der Waals surface area contributed by atoms with Crippen LogP contribution in [0.1, 0.15) is 12.0 Å². The summed E-state index contributed by atoms with van der Waals surface area (Å²) in [6, 6.07) is 10.4. The van der Waals surface area contributed by atoms with E-state index in [0.29, 0.717) is 5.92 Å². The molecular weight excluding hydrogens is 288 g/mol. The van der Waals surface area contributed by atoms with Gasteiger partial charge in [0.1, 0.15) is 0 Å². The number of benzene rings is 1. The molecule has 1 heterocycles. The van der Waals surface area contributed by atoms with Gasteiger partial charge in [-0.3, -0.25) is 4.79 Å². The lowest BCUT2D eigenvalue weighted by Crippen LogP contribution is -2.46. The van der Waals surface area contributed by atoms with E-state index in [1.54, 1.807) is 13.2 Å². The fourth-order valence-electron chi connectivity index (χ4n) is 3.10.